The molecule has 6 nitrogen and oxygen atoms in total. The second-order valence-electron chi connectivity index (χ2n) is 9.54. The van der Waals surface area contributed by atoms with Crippen molar-refractivity contribution in [2.75, 3.05) is 6.54 Å². The summed E-state index contributed by atoms with van der Waals surface area (Å²) >= 11 is 0. The lowest BCUT2D eigenvalue weighted by molar-refractivity contribution is -0.177. The van der Waals surface area contributed by atoms with E-state index in [1.807, 2.05) is 60.7 Å². The van der Waals surface area contributed by atoms with Gasteiger partial charge in [-0.05, 0) is 44.7 Å². The maximum Gasteiger partial charge on any atom is 0.314 e. The first-order chi connectivity index (χ1) is 16.3. The van der Waals surface area contributed by atoms with Gasteiger partial charge in [0.1, 0.15) is 19.0 Å². The van der Waals surface area contributed by atoms with Crippen molar-refractivity contribution in [3.63, 3.8) is 0 Å². The molecule has 6 heteroatoms. The molecule has 0 bridgehead atoms. The monoisotopic (exact) mass is 465 g/mol. The van der Waals surface area contributed by atoms with E-state index in [2.05, 4.69) is 5.32 Å². The molecule has 0 aliphatic carbocycles. The van der Waals surface area contributed by atoms with Crippen LogP contribution in [0.15, 0.2) is 60.7 Å². The summed E-state index contributed by atoms with van der Waals surface area (Å²) in [6.45, 7) is 5.77. The molecule has 1 N–H and O–H groups in total. The maximum atomic E-state index is 13.6. The summed E-state index contributed by atoms with van der Waals surface area (Å²) in [5, 5.41) is 3.40. The van der Waals surface area contributed by atoms with Gasteiger partial charge in [-0.2, -0.15) is 0 Å². The summed E-state index contributed by atoms with van der Waals surface area (Å²) in [6, 6.07) is 18.7. The summed E-state index contributed by atoms with van der Waals surface area (Å²) in [4.78, 5) is 38.3. The molecule has 1 aliphatic rings. The highest BCUT2D eigenvalue weighted by molar-refractivity contribution is 5.90. The number of unbranched alkanes of at least 4 members (excludes halogenated alkanes) is 1. The van der Waals surface area contributed by atoms with E-state index in [-0.39, 0.29) is 25.0 Å². The summed E-state index contributed by atoms with van der Waals surface area (Å²) < 4.78 is 11.5. The highest BCUT2D eigenvalue weighted by Crippen LogP contribution is 2.49. The van der Waals surface area contributed by atoms with Crippen molar-refractivity contribution >= 4 is 17.7 Å². The van der Waals surface area contributed by atoms with E-state index >= 15 is 0 Å². The SMILES string of the molecule is CC(=O)CCCCC1NCC(C)(C(=O)OCc2ccccc2)C1(C)C(=O)OCc1ccccc1. The zero-order chi connectivity index (χ0) is 24.6. The van der Waals surface area contributed by atoms with Gasteiger partial charge in [-0.3, -0.25) is 9.59 Å². The number of hydrogen-bond acceptors (Lipinski definition) is 6. The zero-order valence-electron chi connectivity index (χ0n) is 20.3. The highest BCUT2D eigenvalue weighted by atomic mass is 16.5. The standard InChI is InChI=1S/C28H35NO5/c1-21(30)12-10-11-17-24-28(3,26(32)34-19-23-15-8-5-9-16-23)27(2,20-29-24)25(31)33-18-22-13-6-4-7-14-22/h4-9,13-16,24,29H,10-12,17-20H2,1-3H3. The first-order valence-corrected chi connectivity index (χ1v) is 11.9. The number of carbonyl (C=O) groups excluding carboxylic acids is 3. The minimum atomic E-state index is -1.12. The van der Waals surface area contributed by atoms with Crippen LogP contribution in [0.4, 0.5) is 0 Å². The lowest BCUT2D eigenvalue weighted by Gasteiger charge is -2.39. The lowest BCUT2D eigenvalue weighted by Crippen LogP contribution is -2.53. The van der Waals surface area contributed by atoms with Crippen molar-refractivity contribution in [3.05, 3.63) is 71.8 Å². The van der Waals surface area contributed by atoms with E-state index in [1.54, 1.807) is 20.8 Å². The Bertz CT molecular complexity index is 977. The molecular weight excluding hydrogens is 430 g/mol. The maximum absolute atomic E-state index is 13.6. The predicted octanol–water partition coefficient (Wildman–Crippen LogP) is 4.61. The van der Waals surface area contributed by atoms with Gasteiger partial charge in [-0.15, -0.1) is 0 Å². The second-order valence-corrected chi connectivity index (χ2v) is 9.54. The Labute approximate surface area is 202 Å². The van der Waals surface area contributed by atoms with Gasteiger partial charge >= 0.3 is 11.9 Å². The van der Waals surface area contributed by atoms with E-state index in [4.69, 9.17) is 9.47 Å². The summed E-state index contributed by atoms with van der Waals surface area (Å²) in [5.41, 5.74) is -0.441. The minimum Gasteiger partial charge on any atom is -0.460 e. The molecule has 3 rings (SSSR count). The molecule has 182 valence electrons. The number of ether oxygens (including phenoxy) is 2. The molecule has 0 amide bonds. The van der Waals surface area contributed by atoms with Crippen molar-refractivity contribution in [2.45, 2.75) is 65.7 Å². The quantitative estimate of drug-likeness (QED) is 0.386. The number of ketones is 1. The lowest BCUT2D eigenvalue weighted by atomic mass is 9.63. The van der Waals surface area contributed by atoms with Crippen molar-refractivity contribution < 1.29 is 23.9 Å². The molecule has 0 aromatic heterocycles. The molecule has 1 aliphatic heterocycles. The average molecular weight is 466 g/mol. The Hall–Kier alpha value is -2.99. The van der Waals surface area contributed by atoms with Gasteiger partial charge in [0.15, 0.2) is 0 Å². The molecule has 2 aromatic rings. The van der Waals surface area contributed by atoms with Crippen LogP contribution in [-0.4, -0.2) is 30.3 Å². The Morgan fingerprint density at radius 2 is 1.38 bits per heavy atom. The number of esters is 2. The van der Waals surface area contributed by atoms with Gasteiger partial charge in [0, 0.05) is 19.0 Å². The minimum absolute atomic E-state index is 0.140. The number of carbonyl (C=O) groups is 3. The third-order valence-corrected chi connectivity index (χ3v) is 7.12. The van der Waals surface area contributed by atoms with Crippen molar-refractivity contribution in [3.8, 4) is 0 Å². The molecule has 0 saturated carbocycles. The van der Waals surface area contributed by atoms with Crippen LogP contribution in [0.2, 0.25) is 0 Å². The van der Waals surface area contributed by atoms with E-state index in [1.165, 1.54) is 0 Å². The molecule has 1 fully saturated rings. The highest BCUT2D eigenvalue weighted by Gasteiger charge is 2.64. The van der Waals surface area contributed by atoms with Crippen LogP contribution in [-0.2, 0) is 37.1 Å². The van der Waals surface area contributed by atoms with Gasteiger partial charge in [0.05, 0.1) is 10.8 Å². The van der Waals surface area contributed by atoms with Crippen LogP contribution in [0.5, 0.6) is 0 Å². The fourth-order valence-corrected chi connectivity index (χ4v) is 4.62. The Kier molecular flexibility index (Phi) is 8.61. The van der Waals surface area contributed by atoms with Crippen LogP contribution in [0, 0.1) is 10.8 Å². The van der Waals surface area contributed by atoms with Crippen LogP contribution in [0.3, 0.4) is 0 Å². The number of nitrogens with one attached hydrogen (secondary N) is 1. The van der Waals surface area contributed by atoms with Crippen LogP contribution < -0.4 is 5.32 Å². The summed E-state index contributed by atoms with van der Waals surface area (Å²) in [6.07, 6.45) is 2.69. The van der Waals surface area contributed by atoms with Gasteiger partial charge in [0.25, 0.3) is 0 Å². The van der Waals surface area contributed by atoms with Crippen LogP contribution in [0.25, 0.3) is 0 Å². The fourth-order valence-electron chi connectivity index (χ4n) is 4.62. The van der Waals surface area contributed by atoms with Crippen LogP contribution >= 0.6 is 0 Å². The number of rotatable bonds is 11. The topological polar surface area (TPSA) is 81.7 Å². The molecule has 0 spiro atoms. The number of hydrogen-bond donors (Lipinski definition) is 1. The Morgan fingerprint density at radius 3 is 1.91 bits per heavy atom. The van der Waals surface area contributed by atoms with Crippen molar-refractivity contribution in [2.24, 2.45) is 10.8 Å². The fraction of sp³-hybridized carbons (Fsp3) is 0.464. The smallest absolute Gasteiger partial charge is 0.314 e. The van der Waals surface area contributed by atoms with Gasteiger partial charge < -0.3 is 19.6 Å². The number of benzene rings is 2. The molecular formula is C28H35NO5. The zero-order valence-corrected chi connectivity index (χ0v) is 20.3. The van der Waals surface area contributed by atoms with Gasteiger partial charge in [0.2, 0.25) is 0 Å². The van der Waals surface area contributed by atoms with Crippen molar-refractivity contribution in [1.29, 1.82) is 0 Å². The summed E-state index contributed by atoms with van der Waals surface area (Å²) in [7, 11) is 0. The average Bonchev–Trinajstić information content (AvgIpc) is 3.12. The first-order valence-electron chi connectivity index (χ1n) is 11.9. The van der Waals surface area contributed by atoms with E-state index < -0.39 is 22.8 Å². The normalized spacial score (nSPS) is 23.9. The largest absolute Gasteiger partial charge is 0.460 e. The molecule has 2 aromatic carbocycles. The van der Waals surface area contributed by atoms with Crippen LogP contribution in [0.1, 0.15) is 57.6 Å². The first kappa shape index (κ1) is 25.6. The molecule has 1 heterocycles. The van der Waals surface area contributed by atoms with E-state index in [0.717, 1.165) is 24.0 Å². The predicted molar refractivity (Wildman–Crippen MR) is 130 cm³/mol. The Morgan fingerprint density at radius 1 is 0.853 bits per heavy atom. The molecule has 34 heavy (non-hydrogen) atoms. The third kappa shape index (κ3) is 5.73. The molecule has 3 atom stereocenters. The Balaban J connectivity index is 1.77. The third-order valence-electron chi connectivity index (χ3n) is 7.12. The van der Waals surface area contributed by atoms with Crippen molar-refractivity contribution in [1.82, 2.24) is 5.32 Å². The van der Waals surface area contributed by atoms with Gasteiger partial charge in [-0.25, -0.2) is 0 Å². The van der Waals surface area contributed by atoms with Gasteiger partial charge in [-0.1, -0.05) is 67.1 Å². The second kappa shape index (κ2) is 11.4. The summed E-state index contributed by atoms with van der Waals surface area (Å²) in [5.74, 6) is -0.690. The molecule has 3 unspecified atom stereocenters. The number of Topliss-reactive ketones (excluding diaryl/α,β-unsaturated/α-hetero) is 1. The van der Waals surface area contributed by atoms with E-state index in [9.17, 15) is 14.4 Å². The molecule has 1 saturated heterocycles. The van der Waals surface area contributed by atoms with E-state index in [0.29, 0.717) is 19.4 Å². The molecule has 0 radical (unpaired) electrons.